The van der Waals surface area contributed by atoms with E-state index in [1.807, 2.05) is 4.90 Å². The lowest BCUT2D eigenvalue weighted by atomic mass is 10.3. The number of oxazole rings is 1. The van der Waals surface area contributed by atoms with Gasteiger partial charge in [-0.15, -0.1) is 0 Å². The third kappa shape index (κ3) is 4.41. The van der Waals surface area contributed by atoms with Crippen LogP contribution >= 0.6 is 0 Å². The number of halogens is 3. The number of ether oxygens (including phenoxy) is 1. The van der Waals surface area contributed by atoms with Gasteiger partial charge < -0.3 is 14.1 Å². The molecule has 0 spiro atoms. The molecule has 1 fully saturated rings. The first-order valence-electron chi connectivity index (χ1n) is 6.02. The fourth-order valence-electron chi connectivity index (χ4n) is 1.87. The summed E-state index contributed by atoms with van der Waals surface area (Å²) in [6.45, 7) is 0.790. The van der Waals surface area contributed by atoms with E-state index in [1.54, 1.807) is 0 Å². The summed E-state index contributed by atoms with van der Waals surface area (Å²) in [7, 11) is 0. The van der Waals surface area contributed by atoms with Crippen molar-refractivity contribution >= 4 is 6.09 Å². The second-order valence-electron chi connectivity index (χ2n) is 4.41. The lowest BCUT2D eigenvalue weighted by Crippen LogP contribution is -2.48. The molecule has 0 N–H and O–H groups in total. The summed E-state index contributed by atoms with van der Waals surface area (Å²) in [6, 6.07) is 0. The molecule has 6 nitrogen and oxygen atoms in total. The van der Waals surface area contributed by atoms with Crippen molar-refractivity contribution in [2.24, 2.45) is 0 Å². The first kappa shape index (κ1) is 14.6. The number of alkyl halides is 3. The zero-order chi connectivity index (χ0) is 14.6. The van der Waals surface area contributed by atoms with Crippen molar-refractivity contribution < 1.29 is 27.1 Å². The van der Waals surface area contributed by atoms with Crippen molar-refractivity contribution in [3.63, 3.8) is 0 Å². The van der Waals surface area contributed by atoms with Crippen molar-refractivity contribution in [3.8, 4) is 0 Å². The number of carbonyl (C=O) groups is 1. The van der Waals surface area contributed by atoms with E-state index in [0.717, 1.165) is 5.69 Å². The topological polar surface area (TPSA) is 58.8 Å². The van der Waals surface area contributed by atoms with Crippen molar-refractivity contribution in [1.82, 2.24) is 14.8 Å². The summed E-state index contributed by atoms with van der Waals surface area (Å²) in [5, 5.41) is 0. The number of amides is 1. The third-order valence-corrected chi connectivity index (χ3v) is 2.86. The minimum atomic E-state index is -4.50. The molecule has 20 heavy (non-hydrogen) atoms. The monoisotopic (exact) mass is 293 g/mol. The number of rotatable bonds is 3. The summed E-state index contributed by atoms with van der Waals surface area (Å²) < 4.78 is 44.9. The minimum Gasteiger partial charge on any atom is -0.451 e. The first-order chi connectivity index (χ1) is 9.44. The molecule has 1 amide bonds. The number of hydrogen-bond acceptors (Lipinski definition) is 5. The number of hydrogen-bond donors (Lipinski definition) is 0. The molecule has 9 heteroatoms. The van der Waals surface area contributed by atoms with Gasteiger partial charge in [0.15, 0.2) is 13.0 Å². The maximum Gasteiger partial charge on any atom is 0.422 e. The van der Waals surface area contributed by atoms with E-state index in [2.05, 4.69) is 9.72 Å². The van der Waals surface area contributed by atoms with Gasteiger partial charge in [-0.05, 0) is 0 Å². The highest BCUT2D eigenvalue weighted by molar-refractivity contribution is 5.67. The van der Waals surface area contributed by atoms with E-state index in [9.17, 15) is 18.0 Å². The molecule has 0 atom stereocenters. The zero-order valence-electron chi connectivity index (χ0n) is 10.6. The van der Waals surface area contributed by atoms with Crippen molar-refractivity contribution in [3.05, 3.63) is 18.4 Å². The second kappa shape index (κ2) is 6.12. The van der Waals surface area contributed by atoms with Gasteiger partial charge in [-0.1, -0.05) is 0 Å². The molecular weight excluding hydrogens is 279 g/mol. The Morgan fingerprint density at radius 2 is 2.05 bits per heavy atom. The van der Waals surface area contributed by atoms with Crippen molar-refractivity contribution in [2.75, 3.05) is 32.8 Å². The van der Waals surface area contributed by atoms with Crippen LogP contribution in [-0.4, -0.2) is 59.8 Å². The number of aromatic nitrogens is 1. The fraction of sp³-hybridized carbons (Fsp3) is 0.636. The standard InChI is InChI=1S/C11H14F3N3O3/c12-11(13,14)7-20-10(18)17-3-1-16(2-4-17)5-9-6-19-8-15-9/h6,8H,1-5,7H2. The predicted molar refractivity (Wildman–Crippen MR) is 60.8 cm³/mol. The summed E-state index contributed by atoms with van der Waals surface area (Å²) >= 11 is 0. The Bertz CT molecular complexity index is 428. The van der Waals surface area contributed by atoms with Crippen LogP contribution in [0.25, 0.3) is 0 Å². The van der Waals surface area contributed by atoms with E-state index in [4.69, 9.17) is 4.42 Å². The zero-order valence-corrected chi connectivity index (χ0v) is 10.6. The highest BCUT2D eigenvalue weighted by atomic mass is 19.4. The molecule has 0 aromatic carbocycles. The van der Waals surface area contributed by atoms with Crippen LogP contribution < -0.4 is 0 Å². The summed E-state index contributed by atoms with van der Waals surface area (Å²) in [5.74, 6) is 0. The van der Waals surface area contributed by atoms with Crippen molar-refractivity contribution in [1.29, 1.82) is 0 Å². The van der Waals surface area contributed by atoms with Crippen LogP contribution in [0.5, 0.6) is 0 Å². The van der Waals surface area contributed by atoms with E-state index in [1.165, 1.54) is 17.6 Å². The molecule has 1 aliphatic rings. The molecule has 112 valence electrons. The Labute approximate surface area is 113 Å². The highest BCUT2D eigenvalue weighted by Crippen LogP contribution is 2.15. The van der Waals surface area contributed by atoms with Crippen LogP contribution in [0.2, 0.25) is 0 Å². The van der Waals surface area contributed by atoms with E-state index in [-0.39, 0.29) is 0 Å². The number of nitrogens with zero attached hydrogens (tertiary/aromatic N) is 3. The fourth-order valence-corrected chi connectivity index (χ4v) is 1.87. The molecule has 0 saturated carbocycles. The normalized spacial score (nSPS) is 17.2. The Kier molecular flexibility index (Phi) is 4.48. The highest BCUT2D eigenvalue weighted by Gasteiger charge is 2.31. The average molecular weight is 293 g/mol. The lowest BCUT2D eigenvalue weighted by Gasteiger charge is -2.33. The molecule has 0 unspecified atom stereocenters. The maximum absolute atomic E-state index is 11.9. The van der Waals surface area contributed by atoms with E-state index >= 15 is 0 Å². The first-order valence-corrected chi connectivity index (χ1v) is 6.02. The van der Waals surface area contributed by atoms with Gasteiger partial charge in [0.25, 0.3) is 0 Å². The van der Waals surface area contributed by atoms with Crippen molar-refractivity contribution in [2.45, 2.75) is 12.7 Å². The van der Waals surface area contributed by atoms with Gasteiger partial charge in [-0.3, -0.25) is 4.90 Å². The van der Waals surface area contributed by atoms with Crippen LogP contribution in [-0.2, 0) is 11.3 Å². The van der Waals surface area contributed by atoms with Gasteiger partial charge in [-0.2, -0.15) is 13.2 Å². The molecule has 0 bridgehead atoms. The Morgan fingerprint density at radius 1 is 1.35 bits per heavy atom. The molecule has 0 aliphatic carbocycles. The summed E-state index contributed by atoms with van der Waals surface area (Å²) in [4.78, 5) is 18.7. The molecule has 1 aromatic rings. The average Bonchev–Trinajstić information content (AvgIpc) is 2.89. The smallest absolute Gasteiger partial charge is 0.422 e. The van der Waals surface area contributed by atoms with Crippen LogP contribution in [0.15, 0.2) is 17.1 Å². The van der Waals surface area contributed by atoms with Crippen LogP contribution in [0.4, 0.5) is 18.0 Å². The number of carbonyl (C=O) groups excluding carboxylic acids is 1. The van der Waals surface area contributed by atoms with Gasteiger partial charge in [0.1, 0.15) is 6.26 Å². The molecule has 2 rings (SSSR count). The van der Waals surface area contributed by atoms with Gasteiger partial charge in [-0.25, -0.2) is 9.78 Å². The number of piperazine rings is 1. The molecular formula is C11H14F3N3O3. The molecule has 1 aliphatic heterocycles. The minimum absolute atomic E-state index is 0.328. The largest absolute Gasteiger partial charge is 0.451 e. The SMILES string of the molecule is O=C(OCC(F)(F)F)N1CCN(Cc2cocn2)CC1. The summed E-state index contributed by atoms with van der Waals surface area (Å²) in [5.41, 5.74) is 0.776. The maximum atomic E-state index is 11.9. The van der Waals surface area contributed by atoms with Gasteiger partial charge >= 0.3 is 12.3 Å². The second-order valence-corrected chi connectivity index (χ2v) is 4.41. The van der Waals surface area contributed by atoms with Crippen LogP contribution in [0, 0.1) is 0 Å². The lowest BCUT2D eigenvalue weighted by molar-refractivity contribution is -0.162. The Morgan fingerprint density at radius 3 is 2.60 bits per heavy atom. The summed E-state index contributed by atoms with van der Waals surface area (Å²) in [6.07, 6.45) is -2.56. The third-order valence-electron chi connectivity index (χ3n) is 2.86. The van der Waals surface area contributed by atoms with Crippen LogP contribution in [0.1, 0.15) is 5.69 Å². The molecule has 1 saturated heterocycles. The van der Waals surface area contributed by atoms with Gasteiger partial charge in [0.2, 0.25) is 0 Å². The Hall–Kier alpha value is -1.77. The van der Waals surface area contributed by atoms with E-state index < -0.39 is 18.9 Å². The van der Waals surface area contributed by atoms with Crippen LogP contribution in [0.3, 0.4) is 0 Å². The molecule has 0 radical (unpaired) electrons. The Balaban J connectivity index is 1.72. The van der Waals surface area contributed by atoms with Gasteiger partial charge in [0.05, 0.1) is 5.69 Å². The quantitative estimate of drug-likeness (QED) is 0.845. The molecule has 2 heterocycles. The van der Waals surface area contributed by atoms with Gasteiger partial charge in [0, 0.05) is 32.7 Å². The molecule has 1 aromatic heterocycles. The predicted octanol–water partition coefficient (Wildman–Crippen LogP) is 1.49. The van der Waals surface area contributed by atoms with E-state index in [0.29, 0.717) is 32.7 Å².